The number of nitrogens with one attached hydrogen (secondary N) is 1. The van der Waals surface area contributed by atoms with Crippen LogP contribution in [-0.4, -0.2) is 27.1 Å². The van der Waals surface area contributed by atoms with Crippen LogP contribution >= 0.6 is 11.6 Å². The maximum Gasteiger partial charge on any atom is 0.164 e. The third-order valence-corrected chi connectivity index (χ3v) is 4.49. The molecule has 4 nitrogen and oxygen atoms in total. The number of hydrogen-bond acceptors (Lipinski definition) is 3. The SMILES string of the molecule is Clc1ccccc1-n1c(CC2CCCN2)nc2cccnc21. The second-order valence-electron chi connectivity index (χ2n) is 5.66. The minimum absolute atomic E-state index is 0.484. The number of nitrogens with zero attached hydrogens (tertiary/aromatic N) is 3. The van der Waals surface area contributed by atoms with Gasteiger partial charge in [-0.2, -0.15) is 0 Å². The molecule has 0 saturated carbocycles. The Balaban J connectivity index is 1.88. The summed E-state index contributed by atoms with van der Waals surface area (Å²) in [6, 6.07) is 12.3. The molecule has 1 atom stereocenters. The second-order valence-corrected chi connectivity index (χ2v) is 6.07. The lowest BCUT2D eigenvalue weighted by molar-refractivity contribution is 0.582. The van der Waals surface area contributed by atoms with Gasteiger partial charge in [-0.15, -0.1) is 0 Å². The summed E-state index contributed by atoms with van der Waals surface area (Å²) in [5.74, 6) is 1.02. The maximum absolute atomic E-state index is 6.41. The average molecular weight is 313 g/mol. The summed E-state index contributed by atoms with van der Waals surface area (Å²) in [4.78, 5) is 9.31. The molecule has 1 aliphatic rings. The summed E-state index contributed by atoms with van der Waals surface area (Å²) in [6.45, 7) is 1.09. The van der Waals surface area contributed by atoms with E-state index in [1.165, 1.54) is 12.8 Å². The van der Waals surface area contributed by atoms with Crippen LogP contribution in [0.2, 0.25) is 5.02 Å². The van der Waals surface area contributed by atoms with Gasteiger partial charge in [0.25, 0.3) is 0 Å². The van der Waals surface area contributed by atoms with E-state index in [4.69, 9.17) is 16.6 Å². The number of hydrogen-bond donors (Lipinski definition) is 1. The summed E-state index contributed by atoms with van der Waals surface area (Å²) < 4.78 is 2.09. The number of fused-ring (bicyclic) bond motifs is 1. The molecule has 1 N–H and O–H groups in total. The quantitative estimate of drug-likeness (QED) is 0.806. The minimum atomic E-state index is 0.484. The highest BCUT2D eigenvalue weighted by atomic mass is 35.5. The standard InChI is InChI=1S/C17H17ClN4/c18-13-6-1-2-8-15(13)22-16(11-12-5-3-9-19-12)21-14-7-4-10-20-17(14)22/h1-2,4,6-8,10,12,19H,3,5,9,11H2. The molecule has 0 amide bonds. The van der Waals surface area contributed by atoms with Crippen molar-refractivity contribution in [3.8, 4) is 5.69 Å². The molecule has 112 valence electrons. The third kappa shape index (κ3) is 2.38. The lowest BCUT2D eigenvalue weighted by atomic mass is 10.1. The van der Waals surface area contributed by atoms with E-state index in [0.29, 0.717) is 11.1 Å². The van der Waals surface area contributed by atoms with E-state index in [0.717, 1.165) is 35.6 Å². The Labute approximate surface area is 134 Å². The highest BCUT2D eigenvalue weighted by molar-refractivity contribution is 6.32. The van der Waals surface area contributed by atoms with E-state index in [1.807, 2.05) is 36.4 Å². The fourth-order valence-electron chi connectivity index (χ4n) is 3.13. The van der Waals surface area contributed by atoms with Crippen LogP contribution in [0.5, 0.6) is 0 Å². The Kier molecular flexibility index (Phi) is 3.56. The first-order valence-corrected chi connectivity index (χ1v) is 8.01. The van der Waals surface area contributed by atoms with Gasteiger partial charge in [-0.05, 0) is 43.7 Å². The molecule has 0 aliphatic carbocycles. The molecule has 0 bridgehead atoms. The summed E-state index contributed by atoms with van der Waals surface area (Å²) in [6.07, 6.45) is 5.12. The molecule has 1 aromatic carbocycles. The van der Waals surface area contributed by atoms with Crippen molar-refractivity contribution in [3.05, 3.63) is 53.4 Å². The zero-order chi connectivity index (χ0) is 14.9. The van der Waals surface area contributed by atoms with Crippen LogP contribution in [0, 0.1) is 0 Å². The average Bonchev–Trinajstić information content (AvgIpc) is 3.16. The van der Waals surface area contributed by atoms with Crippen molar-refractivity contribution < 1.29 is 0 Å². The van der Waals surface area contributed by atoms with Gasteiger partial charge in [0.1, 0.15) is 11.3 Å². The van der Waals surface area contributed by atoms with Crippen molar-refractivity contribution in [2.75, 3.05) is 6.54 Å². The fraction of sp³-hybridized carbons (Fsp3) is 0.294. The van der Waals surface area contributed by atoms with Gasteiger partial charge in [-0.1, -0.05) is 23.7 Å². The largest absolute Gasteiger partial charge is 0.314 e. The Hall–Kier alpha value is -1.91. The number of halogens is 1. The first kappa shape index (κ1) is 13.7. The van der Waals surface area contributed by atoms with Crippen molar-refractivity contribution in [1.82, 2.24) is 19.9 Å². The van der Waals surface area contributed by atoms with Gasteiger partial charge < -0.3 is 5.32 Å². The van der Waals surface area contributed by atoms with Crippen LogP contribution < -0.4 is 5.32 Å². The Morgan fingerprint density at radius 1 is 1.23 bits per heavy atom. The Morgan fingerprint density at radius 2 is 2.14 bits per heavy atom. The van der Waals surface area contributed by atoms with Crippen LogP contribution in [0.1, 0.15) is 18.7 Å². The minimum Gasteiger partial charge on any atom is -0.314 e. The van der Waals surface area contributed by atoms with Gasteiger partial charge >= 0.3 is 0 Å². The summed E-state index contributed by atoms with van der Waals surface area (Å²) >= 11 is 6.41. The van der Waals surface area contributed by atoms with Gasteiger partial charge in [0.2, 0.25) is 0 Å². The zero-order valence-corrected chi connectivity index (χ0v) is 12.9. The van der Waals surface area contributed by atoms with Gasteiger partial charge in [0.15, 0.2) is 5.65 Å². The van der Waals surface area contributed by atoms with E-state index in [9.17, 15) is 0 Å². The van der Waals surface area contributed by atoms with Gasteiger partial charge in [-0.3, -0.25) is 4.57 Å². The molecule has 1 saturated heterocycles. The molecule has 0 radical (unpaired) electrons. The molecule has 1 unspecified atom stereocenters. The number of rotatable bonds is 3. The van der Waals surface area contributed by atoms with Crippen molar-refractivity contribution >= 4 is 22.8 Å². The van der Waals surface area contributed by atoms with Gasteiger partial charge in [-0.25, -0.2) is 9.97 Å². The number of imidazole rings is 1. The molecule has 1 fully saturated rings. The fourth-order valence-corrected chi connectivity index (χ4v) is 3.35. The molecule has 22 heavy (non-hydrogen) atoms. The van der Waals surface area contributed by atoms with Crippen LogP contribution in [0.25, 0.3) is 16.9 Å². The first-order valence-electron chi connectivity index (χ1n) is 7.63. The summed E-state index contributed by atoms with van der Waals surface area (Å²) in [5.41, 5.74) is 2.72. The van der Waals surface area contributed by atoms with E-state index < -0.39 is 0 Å². The summed E-state index contributed by atoms with van der Waals surface area (Å²) in [5, 5.41) is 4.25. The van der Waals surface area contributed by atoms with Crippen LogP contribution in [0.15, 0.2) is 42.6 Å². The molecule has 2 aromatic heterocycles. The number of benzene rings is 1. The second kappa shape index (κ2) is 5.71. The van der Waals surface area contributed by atoms with Crippen molar-refractivity contribution in [3.63, 3.8) is 0 Å². The molecule has 3 aromatic rings. The number of para-hydroxylation sites is 1. The predicted molar refractivity (Wildman–Crippen MR) is 88.6 cm³/mol. The lowest BCUT2D eigenvalue weighted by Gasteiger charge is -2.13. The summed E-state index contributed by atoms with van der Waals surface area (Å²) in [7, 11) is 0. The highest BCUT2D eigenvalue weighted by Crippen LogP contribution is 2.27. The van der Waals surface area contributed by atoms with E-state index >= 15 is 0 Å². The molecule has 4 rings (SSSR count). The zero-order valence-electron chi connectivity index (χ0n) is 12.2. The molecule has 5 heteroatoms. The Bertz CT molecular complexity index is 805. The van der Waals surface area contributed by atoms with Crippen LogP contribution in [0.3, 0.4) is 0 Å². The predicted octanol–water partition coefficient (Wildman–Crippen LogP) is 3.37. The van der Waals surface area contributed by atoms with Crippen molar-refractivity contribution in [2.45, 2.75) is 25.3 Å². The molecular formula is C17H17ClN4. The Morgan fingerprint density at radius 3 is 2.95 bits per heavy atom. The maximum atomic E-state index is 6.41. The van der Waals surface area contributed by atoms with E-state index in [1.54, 1.807) is 6.20 Å². The topological polar surface area (TPSA) is 42.7 Å². The molecular weight excluding hydrogens is 296 g/mol. The van der Waals surface area contributed by atoms with Crippen molar-refractivity contribution in [1.29, 1.82) is 0 Å². The molecule has 0 spiro atoms. The molecule has 1 aliphatic heterocycles. The van der Waals surface area contributed by atoms with Crippen molar-refractivity contribution in [2.24, 2.45) is 0 Å². The lowest BCUT2D eigenvalue weighted by Crippen LogP contribution is -2.25. The van der Waals surface area contributed by atoms with Crippen LogP contribution in [0.4, 0.5) is 0 Å². The monoisotopic (exact) mass is 312 g/mol. The molecule has 3 heterocycles. The normalized spacial score (nSPS) is 18.1. The van der Waals surface area contributed by atoms with E-state index in [-0.39, 0.29) is 0 Å². The van der Waals surface area contributed by atoms with Crippen LogP contribution in [-0.2, 0) is 6.42 Å². The first-order chi connectivity index (χ1) is 10.8. The van der Waals surface area contributed by atoms with E-state index in [2.05, 4.69) is 14.9 Å². The third-order valence-electron chi connectivity index (χ3n) is 4.17. The number of aromatic nitrogens is 3. The van der Waals surface area contributed by atoms with Gasteiger partial charge in [0.05, 0.1) is 10.7 Å². The highest BCUT2D eigenvalue weighted by Gasteiger charge is 2.21. The number of pyridine rings is 1. The smallest absolute Gasteiger partial charge is 0.164 e. The van der Waals surface area contributed by atoms with Gasteiger partial charge in [0, 0.05) is 18.7 Å².